The Bertz CT molecular complexity index is 570. The molecule has 0 spiro atoms. The maximum Gasteiger partial charge on any atom is 0.223 e. The highest BCUT2D eigenvalue weighted by molar-refractivity contribution is 5.79. The van der Waals surface area contributed by atoms with E-state index in [9.17, 15) is 4.79 Å². The molecule has 1 N–H and O–H groups in total. The topological polar surface area (TPSA) is 41.6 Å². The van der Waals surface area contributed by atoms with Gasteiger partial charge in [0.1, 0.15) is 5.75 Å². The number of anilines is 1. The van der Waals surface area contributed by atoms with Crippen LogP contribution in [-0.4, -0.2) is 32.7 Å². The molecule has 1 aliphatic heterocycles. The molecule has 1 aliphatic carbocycles. The quantitative estimate of drug-likeness (QED) is 0.850. The number of rotatable bonds is 5. The highest BCUT2D eigenvalue weighted by Crippen LogP contribution is 2.26. The number of hydrogen-bond acceptors (Lipinski definition) is 3. The van der Waals surface area contributed by atoms with E-state index in [4.69, 9.17) is 4.74 Å². The van der Waals surface area contributed by atoms with Gasteiger partial charge in [-0.2, -0.15) is 0 Å². The number of carbonyl (C=O) groups is 1. The predicted octanol–water partition coefficient (Wildman–Crippen LogP) is 2.99. The third-order valence-corrected chi connectivity index (χ3v) is 4.91. The van der Waals surface area contributed by atoms with Gasteiger partial charge in [0.25, 0.3) is 0 Å². The third-order valence-electron chi connectivity index (χ3n) is 4.91. The molecule has 3 rings (SSSR count). The van der Waals surface area contributed by atoms with Crippen molar-refractivity contribution in [3.63, 3.8) is 0 Å². The molecule has 1 aromatic carbocycles. The maximum atomic E-state index is 12.2. The monoisotopic (exact) mass is 314 g/mol. The Hall–Kier alpha value is -1.97. The van der Waals surface area contributed by atoms with Crippen molar-refractivity contribution in [2.45, 2.75) is 25.7 Å². The lowest BCUT2D eigenvalue weighted by molar-refractivity contribution is -0.125. The number of hydrogen-bond donors (Lipinski definition) is 1. The molecule has 2 aliphatic rings. The molecule has 1 amide bonds. The Balaban J connectivity index is 1.48. The van der Waals surface area contributed by atoms with Crippen molar-refractivity contribution in [2.24, 2.45) is 11.8 Å². The highest BCUT2D eigenvalue weighted by atomic mass is 16.5. The molecular weight excluding hydrogens is 288 g/mol. The van der Waals surface area contributed by atoms with E-state index in [-0.39, 0.29) is 11.8 Å². The number of allylic oxidation sites excluding steroid dienone is 2. The van der Waals surface area contributed by atoms with Gasteiger partial charge in [-0.3, -0.25) is 4.79 Å². The molecule has 1 heterocycles. The Kier molecular flexibility index (Phi) is 5.21. The van der Waals surface area contributed by atoms with Crippen molar-refractivity contribution >= 4 is 11.6 Å². The molecule has 124 valence electrons. The van der Waals surface area contributed by atoms with E-state index in [1.807, 2.05) is 12.1 Å². The van der Waals surface area contributed by atoms with Gasteiger partial charge >= 0.3 is 0 Å². The van der Waals surface area contributed by atoms with E-state index in [0.717, 1.165) is 51.1 Å². The van der Waals surface area contributed by atoms with Gasteiger partial charge in [0.2, 0.25) is 5.91 Å². The molecule has 23 heavy (non-hydrogen) atoms. The van der Waals surface area contributed by atoms with Gasteiger partial charge in [-0.05, 0) is 43.7 Å². The van der Waals surface area contributed by atoms with Gasteiger partial charge in [0.15, 0.2) is 0 Å². The number of nitrogens with zero attached hydrogens (tertiary/aromatic N) is 1. The first-order chi connectivity index (χ1) is 11.3. The lowest BCUT2D eigenvalue weighted by Crippen LogP contribution is -2.35. The molecule has 0 bridgehead atoms. The van der Waals surface area contributed by atoms with Gasteiger partial charge in [-0.1, -0.05) is 18.2 Å². The van der Waals surface area contributed by atoms with Crippen LogP contribution in [0.5, 0.6) is 5.75 Å². The van der Waals surface area contributed by atoms with Crippen molar-refractivity contribution in [1.82, 2.24) is 5.32 Å². The van der Waals surface area contributed by atoms with Crippen molar-refractivity contribution < 1.29 is 9.53 Å². The number of methoxy groups -OCH3 is 1. The van der Waals surface area contributed by atoms with E-state index < -0.39 is 0 Å². The minimum Gasteiger partial charge on any atom is -0.497 e. The summed E-state index contributed by atoms with van der Waals surface area (Å²) in [4.78, 5) is 14.6. The lowest BCUT2D eigenvalue weighted by atomic mass is 9.93. The van der Waals surface area contributed by atoms with Gasteiger partial charge in [0, 0.05) is 37.3 Å². The second-order valence-electron chi connectivity index (χ2n) is 6.53. The number of nitrogens with one attached hydrogen (secondary N) is 1. The van der Waals surface area contributed by atoms with E-state index >= 15 is 0 Å². The van der Waals surface area contributed by atoms with Crippen LogP contribution in [0.25, 0.3) is 0 Å². The first-order valence-electron chi connectivity index (χ1n) is 8.58. The molecule has 1 aromatic rings. The summed E-state index contributed by atoms with van der Waals surface area (Å²) < 4.78 is 5.30. The average molecular weight is 314 g/mol. The Labute approximate surface area is 138 Å². The number of amides is 1. The van der Waals surface area contributed by atoms with Crippen LogP contribution >= 0.6 is 0 Å². The zero-order valence-corrected chi connectivity index (χ0v) is 13.8. The SMILES string of the molecule is COc1cccc(N2CC[C@H](CNC(=O)[C@H]3CC=CCC3)C2)c1. The molecule has 0 saturated carbocycles. The minimum atomic E-state index is 0.177. The van der Waals surface area contributed by atoms with Gasteiger partial charge in [-0.15, -0.1) is 0 Å². The molecular formula is C19H26N2O2. The summed E-state index contributed by atoms with van der Waals surface area (Å²) in [6, 6.07) is 8.20. The number of ether oxygens (including phenoxy) is 1. The van der Waals surface area contributed by atoms with E-state index in [1.54, 1.807) is 7.11 Å². The minimum absolute atomic E-state index is 0.177. The molecule has 0 unspecified atom stereocenters. The Morgan fingerprint density at radius 1 is 1.35 bits per heavy atom. The van der Waals surface area contributed by atoms with Crippen LogP contribution in [0.2, 0.25) is 0 Å². The molecule has 1 saturated heterocycles. The summed E-state index contributed by atoms with van der Waals surface area (Å²) in [5, 5.41) is 3.16. The third kappa shape index (κ3) is 4.06. The standard InChI is InChI=1S/C19H26N2O2/c1-23-18-9-5-8-17(12-18)21-11-10-15(14-21)13-20-19(22)16-6-3-2-4-7-16/h2-3,5,8-9,12,15-16H,4,6-7,10-11,13-14H2,1H3,(H,20,22)/t15-,16+/m1/s1. The van der Waals surface area contributed by atoms with Gasteiger partial charge in [0.05, 0.1) is 7.11 Å². The molecule has 4 nitrogen and oxygen atoms in total. The fraction of sp³-hybridized carbons (Fsp3) is 0.526. The van der Waals surface area contributed by atoms with Crippen molar-refractivity contribution in [3.05, 3.63) is 36.4 Å². The normalized spacial score (nSPS) is 23.8. The summed E-state index contributed by atoms with van der Waals surface area (Å²) in [5.74, 6) is 1.83. The zero-order valence-electron chi connectivity index (χ0n) is 13.8. The molecule has 4 heteroatoms. The Morgan fingerprint density at radius 2 is 2.26 bits per heavy atom. The van der Waals surface area contributed by atoms with E-state index in [0.29, 0.717) is 5.92 Å². The summed E-state index contributed by atoms with van der Waals surface area (Å²) in [7, 11) is 1.70. The highest BCUT2D eigenvalue weighted by Gasteiger charge is 2.25. The largest absolute Gasteiger partial charge is 0.497 e. The summed E-state index contributed by atoms with van der Waals surface area (Å²) in [6.45, 7) is 2.83. The molecule has 0 radical (unpaired) electrons. The van der Waals surface area contributed by atoms with Crippen LogP contribution in [0.15, 0.2) is 36.4 Å². The second-order valence-corrected chi connectivity index (χ2v) is 6.53. The first kappa shape index (κ1) is 15.9. The number of benzene rings is 1. The fourth-order valence-electron chi connectivity index (χ4n) is 3.46. The van der Waals surface area contributed by atoms with Crippen molar-refractivity contribution in [2.75, 3.05) is 31.6 Å². The van der Waals surface area contributed by atoms with E-state index in [1.165, 1.54) is 5.69 Å². The molecule has 0 aromatic heterocycles. The maximum absolute atomic E-state index is 12.2. The predicted molar refractivity (Wildman–Crippen MR) is 92.8 cm³/mol. The van der Waals surface area contributed by atoms with Gasteiger partial charge in [-0.25, -0.2) is 0 Å². The number of carbonyl (C=O) groups excluding carboxylic acids is 1. The summed E-state index contributed by atoms with van der Waals surface area (Å²) >= 11 is 0. The molecule has 2 atom stereocenters. The van der Waals surface area contributed by atoms with Gasteiger partial charge < -0.3 is 15.0 Å². The summed E-state index contributed by atoms with van der Waals surface area (Å²) in [6.07, 6.45) is 8.35. The average Bonchev–Trinajstić information content (AvgIpc) is 3.09. The zero-order chi connectivity index (χ0) is 16.1. The summed E-state index contributed by atoms with van der Waals surface area (Å²) in [5.41, 5.74) is 1.20. The smallest absolute Gasteiger partial charge is 0.223 e. The van der Waals surface area contributed by atoms with Crippen LogP contribution in [0.4, 0.5) is 5.69 Å². The first-order valence-corrected chi connectivity index (χ1v) is 8.58. The van der Waals surface area contributed by atoms with E-state index in [2.05, 4.69) is 34.5 Å². The van der Waals surface area contributed by atoms with Crippen molar-refractivity contribution in [3.8, 4) is 5.75 Å². The van der Waals surface area contributed by atoms with Crippen LogP contribution in [-0.2, 0) is 4.79 Å². The second kappa shape index (κ2) is 7.53. The lowest BCUT2D eigenvalue weighted by Gasteiger charge is -2.21. The van der Waals surface area contributed by atoms with Crippen molar-refractivity contribution in [1.29, 1.82) is 0 Å². The van der Waals surface area contributed by atoms with Crippen LogP contribution in [0.1, 0.15) is 25.7 Å². The Morgan fingerprint density at radius 3 is 3.04 bits per heavy atom. The van der Waals surface area contributed by atoms with Crippen LogP contribution in [0, 0.1) is 11.8 Å². The molecule has 1 fully saturated rings. The van der Waals surface area contributed by atoms with Crippen LogP contribution in [0.3, 0.4) is 0 Å². The fourth-order valence-corrected chi connectivity index (χ4v) is 3.46. The van der Waals surface area contributed by atoms with Crippen LogP contribution < -0.4 is 15.0 Å².